The number of hydrogen-bond acceptors (Lipinski definition) is 2. The van der Waals surface area contributed by atoms with Crippen LogP contribution in [0.15, 0.2) is 46.9 Å². The molecule has 0 saturated heterocycles. The maximum Gasteiger partial charge on any atom is 0.136 e. The van der Waals surface area contributed by atoms with Gasteiger partial charge in [-0.15, -0.1) is 0 Å². The predicted molar refractivity (Wildman–Crippen MR) is 78.8 cm³/mol. The van der Waals surface area contributed by atoms with Crippen molar-refractivity contribution in [3.05, 3.63) is 58.3 Å². The van der Waals surface area contributed by atoms with Crippen LogP contribution in [-0.2, 0) is 6.42 Å². The SMILES string of the molecule is Nc1cccc(CCCOc2cc(F)ccc2Br)c1. The van der Waals surface area contributed by atoms with E-state index in [-0.39, 0.29) is 5.82 Å². The summed E-state index contributed by atoms with van der Waals surface area (Å²) < 4.78 is 19.4. The van der Waals surface area contributed by atoms with E-state index in [1.54, 1.807) is 6.07 Å². The second-order valence-electron chi connectivity index (χ2n) is 4.27. The first-order valence-electron chi connectivity index (χ1n) is 6.07. The fraction of sp³-hybridized carbons (Fsp3) is 0.200. The van der Waals surface area contributed by atoms with Crippen LogP contribution in [0.2, 0.25) is 0 Å². The van der Waals surface area contributed by atoms with Gasteiger partial charge in [-0.2, -0.15) is 0 Å². The third-order valence-corrected chi connectivity index (χ3v) is 3.37. The molecule has 0 amide bonds. The van der Waals surface area contributed by atoms with Crippen molar-refractivity contribution in [2.24, 2.45) is 0 Å². The molecule has 0 radical (unpaired) electrons. The van der Waals surface area contributed by atoms with Crippen molar-refractivity contribution >= 4 is 21.6 Å². The molecule has 2 aromatic rings. The molecular weight excluding hydrogens is 309 g/mol. The molecular formula is C15H15BrFNO. The highest BCUT2D eigenvalue weighted by molar-refractivity contribution is 9.10. The second-order valence-corrected chi connectivity index (χ2v) is 5.13. The molecule has 100 valence electrons. The van der Waals surface area contributed by atoms with E-state index in [2.05, 4.69) is 15.9 Å². The summed E-state index contributed by atoms with van der Waals surface area (Å²) in [6, 6.07) is 12.2. The van der Waals surface area contributed by atoms with Gasteiger partial charge in [-0.05, 0) is 58.6 Å². The Morgan fingerprint density at radius 1 is 1.16 bits per heavy atom. The standard InChI is InChI=1S/C15H15BrFNO/c16-14-7-6-12(17)10-15(14)19-8-2-4-11-3-1-5-13(18)9-11/h1,3,5-7,9-10H,2,4,8,18H2. The molecule has 0 fully saturated rings. The molecule has 0 aromatic heterocycles. The number of halogens is 2. The highest BCUT2D eigenvalue weighted by Crippen LogP contribution is 2.25. The van der Waals surface area contributed by atoms with Crippen molar-refractivity contribution in [1.29, 1.82) is 0 Å². The molecule has 0 aliphatic rings. The number of aryl methyl sites for hydroxylation is 1. The molecule has 2 rings (SSSR count). The summed E-state index contributed by atoms with van der Waals surface area (Å²) in [4.78, 5) is 0. The molecule has 0 aliphatic heterocycles. The summed E-state index contributed by atoms with van der Waals surface area (Å²) in [5.41, 5.74) is 7.66. The zero-order valence-electron chi connectivity index (χ0n) is 10.4. The molecule has 4 heteroatoms. The monoisotopic (exact) mass is 323 g/mol. The lowest BCUT2D eigenvalue weighted by Crippen LogP contribution is -2.00. The van der Waals surface area contributed by atoms with E-state index in [1.807, 2.05) is 24.3 Å². The van der Waals surface area contributed by atoms with Gasteiger partial charge in [0.05, 0.1) is 11.1 Å². The van der Waals surface area contributed by atoms with Gasteiger partial charge in [0.1, 0.15) is 11.6 Å². The highest BCUT2D eigenvalue weighted by atomic mass is 79.9. The normalized spacial score (nSPS) is 10.4. The number of ether oxygens (including phenoxy) is 1. The second kappa shape index (κ2) is 6.57. The molecule has 2 nitrogen and oxygen atoms in total. The molecule has 0 spiro atoms. The molecule has 0 bridgehead atoms. The Morgan fingerprint density at radius 2 is 2.00 bits per heavy atom. The van der Waals surface area contributed by atoms with Crippen molar-refractivity contribution in [2.75, 3.05) is 12.3 Å². The quantitative estimate of drug-likeness (QED) is 0.661. The number of anilines is 1. The van der Waals surface area contributed by atoms with Crippen LogP contribution in [0.3, 0.4) is 0 Å². The number of benzene rings is 2. The van der Waals surface area contributed by atoms with Gasteiger partial charge in [0.2, 0.25) is 0 Å². The lowest BCUT2D eigenvalue weighted by Gasteiger charge is -2.08. The summed E-state index contributed by atoms with van der Waals surface area (Å²) in [6.07, 6.45) is 1.74. The van der Waals surface area contributed by atoms with Crippen molar-refractivity contribution in [3.8, 4) is 5.75 Å². The lowest BCUT2D eigenvalue weighted by atomic mass is 10.1. The van der Waals surface area contributed by atoms with E-state index in [0.717, 1.165) is 23.0 Å². The van der Waals surface area contributed by atoms with Gasteiger partial charge in [-0.1, -0.05) is 12.1 Å². The number of rotatable bonds is 5. The highest BCUT2D eigenvalue weighted by Gasteiger charge is 2.03. The van der Waals surface area contributed by atoms with Gasteiger partial charge in [-0.25, -0.2) is 4.39 Å². The van der Waals surface area contributed by atoms with Crippen LogP contribution in [0.4, 0.5) is 10.1 Å². The van der Waals surface area contributed by atoms with Crippen molar-refractivity contribution in [1.82, 2.24) is 0 Å². The van der Waals surface area contributed by atoms with Crippen LogP contribution in [0.5, 0.6) is 5.75 Å². The summed E-state index contributed by atoms with van der Waals surface area (Å²) in [5, 5.41) is 0. The zero-order valence-corrected chi connectivity index (χ0v) is 12.0. The third kappa shape index (κ3) is 4.24. The molecule has 0 saturated carbocycles. The molecule has 0 atom stereocenters. The summed E-state index contributed by atoms with van der Waals surface area (Å²) >= 11 is 3.33. The van der Waals surface area contributed by atoms with Gasteiger partial charge in [-0.3, -0.25) is 0 Å². The van der Waals surface area contributed by atoms with Gasteiger partial charge < -0.3 is 10.5 Å². The fourth-order valence-corrected chi connectivity index (χ4v) is 2.16. The Bertz CT molecular complexity index is 560. The van der Waals surface area contributed by atoms with Crippen LogP contribution in [0.1, 0.15) is 12.0 Å². The molecule has 2 aromatic carbocycles. The average molecular weight is 324 g/mol. The number of nitrogen functional groups attached to an aromatic ring is 1. The van der Waals surface area contributed by atoms with Crippen LogP contribution < -0.4 is 10.5 Å². The van der Waals surface area contributed by atoms with E-state index in [1.165, 1.54) is 17.7 Å². The smallest absolute Gasteiger partial charge is 0.136 e. The van der Waals surface area contributed by atoms with E-state index < -0.39 is 0 Å². The minimum atomic E-state index is -0.297. The summed E-state index contributed by atoms with van der Waals surface area (Å²) in [5.74, 6) is 0.238. The summed E-state index contributed by atoms with van der Waals surface area (Å²) in [7, 11) is 0. The van der Waals surface area contributed by atoms with E-state index in [4.69, 9.17) is 10.5 Å². The Kier molecular flexibility index (Phi) is 4.80. The molecule has 0 aliphatic carbocycles. The van der Waals surface area contributed by atoms with Gasteiger partial charge in [0, 0.05) is 11.8 Å². The van der Waals surface area contributed by atoms with Crippen LogP contribution >= 0.6 is 15.9 Å². The first-order valence-corrected chi connectivity index (χ1v) is 6.87. The minimum Gasteiger partial charge on any atom is -0.492 e. The molecule has 2 N–H and O–H groups in total. The van der Waals surface area contributed by atoms with E-state index >= 15 is 0 Å². The van der Waals surface area contributed by atoms with E-state index in [9.17, 15) is 4.39 Å². The average Bonchev–Trinajstić information content (AvgIpc) is 2.39. The summed E-state index contributed by atoms with van der Waals surface area (Å²) in [6.45, 7) is 0.539. The molecule has 19 heavy (non-hydrogen) atoms. The minimum absolute atomic E-state index is 0.297. The molecule has 0 unspecified atom stereocenters. The first kappa shape index (κ1) is 13.9. The maximum atomic E-state index is 13.1. The third-order valence-electron chi connectivity index (χ3n) is 2.71. The Balaban J connectivity index is 1.82. The number of nitrogens with two attached hydrogens (primary N) is 1. The Hall–Kier alpha value is -1.55. The van der Waals surface area contributed by atoms with Crippen molar-refractivity contribution in [2.45, 2.75) is 12.8 Å². The lowest BCUT2D eigenvalue weighted by molar-refractivity contribution is 0.307. The van der Waals surface area contributed by atoms with Crippen molar-refractivity contribution < 1.29 is 9.13 Å². The topological polar surface area (TPSA) is 35.2 Å². The van der Waals surface area contributed by atoms with Crippen LogP contribution in [0.25, 0.3) is 0 Å². The van der Waals surface area contributed by atoms with Gasteiger partial charge in [0.25, 0.3) is 0 Å². The first-order chi connectivity index (χ1) is 9.15. The zero-order chi connectivity index (χ0) is 13.7. The predicted octanol–water partition coefficient (Wildman–Crippen LogP) is 4.18. The fourth-order valence-electron chi connectivity index (χ4n) is 1.79. The largest absolute Gasteiger partial charge is 0.492 e. The van der Waals surface area contributed by atoms with Crippen molar-refractivity contribution in [3.63, 3.8) is 0 Å². The Morgan fingerprint density at radius 3 is 2.79 bits per heavy atom. The molecule has 0 heterocycles. The van der Waals surface area contributed by atoms with Crippen LogP contribution in [-0.4, -0.2) is 6.61 Å². The Labute approximate surface area is 120 Å². The van der Waals surface area contributed by atoms with Gasteiger partial charge >= 0.3 is 0 Å². The van der Waals surface area contributed by atoms with E-state index in [0.29, 0.717) is 12.4 Å². The maximum absolute atomic E-state index is 13.1. The van der Waals surface area contributed by atoms with Gasteiger partial charge in [0.15, 0.2) is 0 Å². The van der Waals surface area contributed by atoms with Crippen LogP contribution in [0, 0.1) is 5.82 Å². The number of hydrogen-bond donors (Lipinski definition) is 1.